The number of esters is 1. The molecule has 0 fully saturated rings. The van der Waals surface area contributed by atoms with E-state index in [4.69, 9.17) is 18.9 Å². The van der Waals surface area contributed by atoms with Crippen LogP contribution in [0.1, 0.15) is 33.4 Å². The Morgan fingerprint density at radius 1 is 0.935 bits per heavy atom. The summed E-state index contributed by atoms with van der Waals surface area (Å²) < 4.78 is 20.5. The van der Waals surface area contributed by atoms with E-state index in [0.29, 0.717) is 33.9 Å². The number of rotatable bonds is 5. The van der Waals surface area contributed by atoms with Gasteiger partial charge in [0.2, 0.25) is 0 Å². The van der Waals surface area contributed by atoms with E-state index in [1.807, 2.05) is 0 Å². The maximum atomic E-state index is 13.3. The summed E-state index contributed by atoms with van der Waals surface area (Å²) in [6.07, 6.45) is -0.668. The quantitative estimate of drug-likeness (QED) is 0.730. The first-order valence-electron chi connectivity index (χ1n) is 9.42. The molecule has 2 atom stereocenters. The highest BCUT2D eigenvalue weighted by Gasteiger charge is 2.45. The summed E-state index contributed by atoms with van der Waals surface area (Å²) in [5, 5.41) is 2.64. The van der Waals surface area contributed by atoms with E-state index in [1.165, 1.54) is 33.3 Å². The molecule has 0 saturated carbocycles. The van der Waals surface area contributed by atoms with Gasteiger partial charge in [-0.05, 0) is 29.3 Å². The molecule has 2 amide bonds. The number of nitrogens with zero attached hydrogens (tertiary/aromatic N) is 1. The van der Waals surface area contributed by atoms with E-state index in [1.54, 1.807) is 43.4 Å². The summed E-state index contributed by atoms with van der Waals surface area (Å²) in [6.45, 7) is 0. The molecule has 0 unspecified atom stereocenters. The Bertz CT molecular complexity index is 1020. The maximum Gasteiger partial charge on any atom is 0.411 e. The van der Waals surface area contributed by atoms with Crippen LogP contribution in [0.3, 0.4) is 0 Å². The second-order valence-corrected chi connectivity index (χ2v) is 6.86. The summed E-state index contributed by atoms with van der Waals surface area (Å²) in [5.74, 6) is -0.965. The van der Waals surface area contributed by atoms with Crippen LogP contribution in [0.5, 0.6) is 11.5 Å². The minimum Gasteiger partial charge on any atom is -0.493 e. The molecule has 0 spiro atoms. The average Bonchev–Trinajstić information content (AvgIpc) is 2.80. The molecule has 1 aliphatic heterocycles. The lowest BCUT2D eigenvalue weighted by molar-refractivity contribution is -0.144. The molecule has 0 bridgehead atoms. The first-order valence-corrected chi connectivity index (χ1v) is 9.42. The van der Waals surface area contributed by atoms with E-state index >= 15 is 0 Å². The Balaban J connectivity index is 2.24. The number of hydrogen-bond acceptors (Lipinski definition) is 7. The van der Waals surface area contributed by atoms with Gasteiger partial charge in [-0.2, -0.15) is 0 Å². The minimum absolute atomic E-state index is 0.310. The fourth-order valence-electron chi connectivity index (χ4n) is 3.85. The van der Waals surface area contributed by atoms with Crippen molar-refractivity contribution in [3.8, 4) is 11.5 Å². The second-order valence-electron chi connectivity index (χ2n) is 6.86. The molecule has 0 saturated heterocycles. The molecule has 9 nitrogen and oxygen atoms in total. The van der Waals surface area contributed by atoms with Crippen molar-refractivity contribution >= 4 is 23.7 Å². The van der Waals surface area contributed by atoms with Crippen LogP contribution in [-0.2, 0) is 14.3 Å². The van der Waals surface area contributed by atoms with Gasteiger partial charge in [0.05, 0.1) is 34.5 Å². The number of benzene rings is 2. The number of amides is 2. The number of ether oxygens (including phenoxy) is 4. The summed E-state index contributed by atoms with van der Waals surface area (Å²) in [6, 6.07) is 9.31. The van der Waals surface area contributed by atoms with Crippen LogP contribution < -0.4 is 14.8 Å². The van der Waals surface area contributed by atoms with Crippen molar-refractivity contribution in [3.63, 3.8) is 0 Å². The number of anilines is 1. The molecule has 164 valence electrons. The van der Waals surface area contributed by atoms with E-state index in [9.17, 15) is 14.4 Å². The fourth-order valence-corrected chi connectivity index (χ4v) is 3.85. The van der Waals surface area contributed by atoms with Gasteiger partial charge in [0.1, 0.15) is 5.92 Å². The Morgan fingerprint density at radius 2 is 1.58 bits per heavy atom. The molecule has 0 aromatic heterocycles. The largest absolute Gasteiger partial charge is 0.493 e. The van der Waals surface area contributed by atoms with Crippen LogP contribution in [0, 0.1) is 0 Å². The lowest BCUT2D eigenvalue weighted by Crippen LogP contribution is -2.43. The van der Waals surface area contributed by atoms with Gasteiger partial charge >= 0.3 is 12.1 Å². The Labute approximate surface area is 179 Å². The number of methoxy groups -OCH3 is 4. The normalized spacial score (nSPS) is 17.5. The number of hydrogen-bond donors (Lipinski definition) is 1. The highest BCUT2D eigenvalue weighted by Crippen LogP contribution is 2.47. The minimum atomic E-state index is -0.872. The zero-order chi connectivity index (χ0) is 22.7. The molecule has 1 heterocycles. The Morgan fingerprint density at radius 3 is 2.19 bits per heavy atom. The molecule has 2 aromatic rings. The third-order valence-corrected chi connectivity index (χ3v) is 5.33. The van der Waals surface area contributed by atoms with Crippen LogP contribution in [-0.4, -0.2) is 58.4 Å². The van der Waals surface area contributed by atoms with Gasteiger partial charge in [0.25, 0.3) is 5.91 Å². The molecule has 9 heteroatoms. The second kappa shape index (κ2) is 8.95. The summed E-state index contributed by atoms with van der Waals surface area (Å²) in [4.78, 5) is 39.5. The summed E-state index contributed by atoms with van der Waals surface area (Å²) >= 11 is 0. The van der Waals surface area contributed by atoms with Crippen LogP contribution in [0.4, 0.5) is 10.5 Å². The maximum absolute atomic E-state index is 13.3. The van der Waals surface area contributed by atoms with E-state index in [2.05, 4.69) is 5.32 Å². The summed E-state index contributed by atoms with van der Waals surface area (Å²) in [5.41, 5.74) is 1.73. The van der Waals surface area contributed by atoms with E-state index in [-0.39, 0.29) is 5.91 Å². The molecule has 31 heavy (non-hydrogen) atoms. The molecule has 1 N–H and O–H groups in total. The monoisotopic (exact) mass is 428 g/mol. The van der Waals surface area contributed by atoms with Crippen LogP contribution >= 0.6 is 0 Å². The van der Waals surface area contributed by atoms with Gasteiger partial charge in [0.15, 0.2) is 11.5 Å². The number of likely N-dealkylation sites (N-methyl/N-ethyl adjacent to an activating group) is 1. The van der Waals surface area contributed by atoms with Crippen molar-refractivity contribution in [1.29, 1.82) is 0 Å². The molecule has 2 aromatic carbocycles. The topological polar surface area (TPSA) is 103 Å². The lowest BCUT2D eigenvalue weighted by Gasteiger charge is -2.40. The lowest BCUT2D eigenvalue weighted by atomic mass is 9.79. The third kappa shape index (κ3) is 3.86. The van der Waals surface area contributed by atoms with Crippen molar-refractivity contribution in [2.75, 3.05) is 40.8 Å². The van der Waals surface area contributed by atoms with E-state index in [0.717, 1.165) is 0 Å². The zero-order valence-corrected chi connectivity index (χ0v) is 17.9. The molecule has 0 radical (unpaired) electrons. The first-order chi connectivity index (χ1) is 14.9. The standard InChI is InChI=1S/C22H24N2O7/c1-24-19(12-8-6-7-9-15(12)23-22(27)31-5)18(21(26)30-4)13-10-16(28-2)17(29-3)11-14(13)20(24)25/h6-11,18-19H,1-5H3,(H,23,27)/t18-,19-/m1/s1. The van der Waals surface area contributed by atoms with Gasteiger partial charge < -0.3 is 23.8 Å². The zero-order valence-electron chi connectivity index (χ0n) is 17.9. The smallest absolute Gasteiger partial charge is 0.411 e. The van der Waals surface area contributed by atoms with Crippen LogP contribution in [0.2, 0.25) is 0 Å². The highest BCUT2D eigenvalue weighted by molar-refractivity contribution is 6.01. The van der Waals surface area contributed by atoms with Crippen molar-refractivity contribution in [2.45, 2.75) is 12.0 Å². The third-order valence-electron chi connectivity index (χ3n) is 5.33. The number of nitrogens with one attached hydrogen (secondary N) is 1. The predicted octanol–water partition coefficient (Wildman–Crippen LogP) is 2.97. The fraction of sp³-hybridized carbons (Fsp3) is 0.318. The molecule has 3 rings (SSSR count). The number of carbonyl (C=O) groups is 3. The summed E-state index contributed by atoms with van der Waals surface area (Å²) in [7, 11) is 7.07. The van der Waals surface area contributed by atoms with Crippen LogP contribution in [0.15, 0.2) is 36.4 Å². The van der Waals surface area contributed by atoms with Gasteiger partial charge in [-0.3, -0.25) is 14.9 Å². The van der Waals surface area contributed by atoms with E-state index < -0.39 is 24.0 Å². The van der Waals surface area contributed by atoms with Crippen molar-refractivity contribution < 1.29 is 33.3 Å². The number of carbonyl (C=O) groups excluding carboxylic acids is 3. The molecular weight excluding hydrogens is 404 g/mol. The number of fused-ring (bicyclic) bond motifs is 1. The number of para-hydroxylation sites is 1. The highest BCUT2D eigenvalue weighted by atomic mass is 16.5. The Hall–Kier alpha value is -3.75. The predicted molar refractivity (Wildman–Crippen MR) is 112 cm³/mol. The molecular formula is C22H24N2O7. The van der Waals surface area contributed by atoms with Gasteiger partial charge in [0, 0.05) is 18.3 Å². The van der Waals surface area contributed by atoms with Gasteiger partial charge in [-0.25, -0.2) is 4.79 Å². The first kappa shape index (κ1) is 21.9. The SMILES string of the molecule is COC(=O)Nc1ccccc1[C@@H]1[C@H](C(=O)OC)c2cc(OC)c(OC)cc2C(=O)N1C. The average molecular weight is 428 g/mol. The van der Waals surface area contributed by atoms with Crippen molar-refractivity contribution in [3.05, 3.63) is 53.1 Å². The molecule has 0 aliphatic carbocycles. The van der Waals surface area contributed by atoms with Crippen molar-refractivity contribution in [2.24, 2.45) is 0 Å². The van der Waals surface area contributed by atoms with Crippen LogP contribution in [0.25, 0.3) is 0 Å². The Kier molecular flexibility index (Phi) is 6.33. The van der Waals surface area contributed by atoms with Gasteiger partial charge in [-0.1, -0.05) is 18.2 Å². The molecule has 1 aliphatic rings. The van der Waals surface area contributed by atoms with Crippen molar-refractivity contribution in [1.82, 2.24) is 4.90 Å². The van der Waals surface area contributed by atoms with Gasteiger partial charge in [-0.15, -0.1) is 0 Å².